The van der Waals surface area contributed by atoms with Crippen molar-refractivity contribution >= 4 is 0 Å². The minimum absolute atomic E-state index is 1.50. The van der Waals surface area contributed by atoms with Crippen molar-refractivity contribution in [3.63, 3.8) is 0 Å². The second kappa shape index (κ2) is 21.6. The maximum atomic E-state index is 5.21. The molecule has 0 N–H and O–H groups in total. The average molecular weight is 340 g/mol. The van der Waals surface area contributed by atoms with Crippen LogP contribution in [0.25, 0.3) is 0 Å². The molecular weight excluding hydrogens is 312 g/mol. The summed E-state index contributed by atoms with van der Waals surface area (Å²) in [5.74, 6) is 0. The lowest BCUT2D eigenvalue weighted by Crippen LogP contribution is -1.54. The van der Waals surface area contributed by atoms with E-state index in [0.29, 0.717) is 0 Å². The van der Waals surface area contributed by atoms with Gasteiger partial charge in [0, 0.05) is 0 Å². The summed E-state index contributed by atoms with van der Waals surface area (Å²) in [5.41, 5.74) is 0. The second-order valence-electron chi connectivity index (χ2n) is 4.66. The number of allylic oxidation sites excluding steroid dienone is 24. The van der Waals surface area contributed by atoms with Crippen LogP contribution in [0, 0.1) is 6.58 Å². The highest BCUT2D eigenvalue weighted by Crippen LogP contribution is 1.87. The predicted octanol–water partition coefficient (Wildman–Crippen LogP) is 7.28. The fourth-order valence-electron chi connectivity index (χ4n) is 1.43. The van der Waals surface area contributed by atoms with Crippen LogP contribution in [0.4, 0.5) is 0 Å². The van der Waals surface area contributed by atoms with Crippen molar-refractivity contribution in [3.8, 4) is 0 Å². The molecule has 0 heteroatoms. The van der Waals surface area contributed by atoms with Gasteiger partial charge in [-0.1, -0.05) is 159 Å². The van der Waals surface area contributed by atoms with Crippen LogP contribution in [-0.4, -0.2) is 0 Å². The fraction of sp³-hybridized carbons (Fsp3) is 0. The largest absolute Gasteiger partial charge is 0.0991 e. The molecule has 26 heavy (non-hydrogen) atoms. The SMILES string of the molecule is [CH]=CC=CC=CC=CC=CC=CC=CC=CC=CC=CC=CC=CC=C. The lowest BCUT2D eigenvalue weighted by atomic mass is 10.3. The first kappa shape index (κ1) is 22.6. The first-order valence-electron chi connectivity index (χ1n) is 8.41. The van der Waals surface area contributed by atoms with Gasteiger partial charge in [-0.25, -0.2) is 0 Å². The van der Waals surface area contributed by atoms with Gasteiger partial charge >= 0.3 is 0 Å². The van der Waals surface area contributed by atoms with Gasteiger partial charge in [-0.05, 0) is 0 Å². The van der Waals surface area contributed by atoms with Crippen molar-refractivity contribution in [1.29, 1.82) is 0 Å². The van der Waals surface area contributed by atoms with Gasteiger partial charge in [-0.3, -0.25) is 0 Å². The van der Waals surface area contributed by atoms with E-state index in [9.17, 15) is 0 Å². The van der Waals surface area contributed by atoms with Gasteiger partial charge in [0.2, 0.25) is 0 Å². The minimum Gasteiger partial charge on any atom is -0.0991 e. The molecule has 0 nitrogen and oxygen atoms in total. The van der Waals surface area contributed by atoms with Crippen LogP contribution in [0.15, 0.2) is 152 Å². The van der Waals surface area contributed by atoms with Gasteiger partial charge < -0.3 is 0 Å². The third-order valence-corrected chi connectivity index (χ3v) is 2.58. The van der Waals surface area contributed by atoms with Crippen LogP contribution in [-0.2, 0) is 0 Å². The van der Waals surface area contributed by atoms with Crippen molar-refractivity contribution in [3.05, 3.63) is 159 Å². The third-order valence-electron chi connectivity index (χ3n) is 2.58. The molecule has 0 unspecified atom stereocenters. The highest BCUT2D eigenvalue weighted by Gasteiger charge is 1.65. The molecule has 0 heterocycles. The Hall–Kier alpha value is -3.38. The van der Waals surface area contributed by atoms with E-state index < -0.39 is 0 Å². The molecule has 131 valence electrons. The van der Waals surface area contributed by atoms with E-state index >= 15 is 0 Å². The molecule has 1 radical (unpaired) electrons. The van der Waals surface area contributed by atoms with Gasteiger partial charge in [0.15, 0.2) is 0 Å². The zero-order valence-electron chi connectivity index (χ0n) is 15.1. The third kappa shape index (κ3) is 20.6. The Kier molecular flexibility index (Phi) is 18.8. The van der Waals surface area contributed by atoms with E-state index in [1.54, 1.807) is 12.2 Å². The van der Waals surface area contributed by atoms with Crippen LogP contribution < -0.4 is 0 Å². The molecule has 0 aliphatic carbocycles. The quantitative estimate of drug-likeness (QED) is 0.328. The van der Waals surface area contributed by atoms with E-state index in [2.05, 4.69) is 6.58 Å². The summed E-state index contributed by atoms with van der Waals surface area (Å²) in [6.45, 7) is 8.82. The molecule has 0 spiro atoms. The molecule has 0 bridgehead atoms. The number of hydrogen-bond donors (Lipinski definition) is 0. The van der Waals surface area contributed by atoms with Gasteiger partial charge in [0.05, 0.1) is 0 Å². The molecule has 0 rings (SSSR count). The van der Waals surface area contributed by atoms with Crippen LogP contribution in [0.5, 0.6) is 0 Å². The average Bonchev–Trinajstić information content (AvgIpc) is 2.66. The molecule has 0 atom stereocenters. The van der Waals surface area contributed by atoms with Crippen LogP contribution in [0.3, 0.4) is 0 Å². The van der Waals surface area contributed by atoms with Crippen molar-refractivity contribution in [2.45, 2.75) is 0 Å². The first-order valence-corrected chi connectivity index (χ1v) is 8.41. The van der Waals surface area contributed by atoms with Crippen molar-refractivity contribution in [1.82, 2.24) is 0 Å². The molecule has 0 aliphatic heterocycles. The molecular formula is C26H27. The molecule has 0 aromatic carbocycles. The van der Waals surface area contributed by atoms with Gasteiger partial charge in [-0.15, -0.1) is 0 Å². The first-order chi connectivity index (χ1) is 12.9. The highest BCUT2D eigenvalue weighted by atomic mass is 13.7. The van der Waals surface area contributed by atoms with Crippen LogP contribution in [0.2, 0.25) is 0 Å². The normalized spacial score (nSPS) is 14.3. The second-order valence-corrected chi connectivity index (χ2v) is 4.66. The summed E-state index contributed by atoms with van der Waals surface area (Å²) in [6, 6.07) is 0. The fourth-order valence-corrected chi connectivity index (χ4v) is 1.43. The maximum Gasteiger partial charge on any atom is -0.0623 e. The topological polar surface area (TPSA) is 0 Å². The van der Waals surface area contributed by atoms with E-state index in [4.69, 9.17) is 6.58 Å². The summed E-state index contributed by atoms with van der Waals surface area (Å²) in [5, 5.41) is 0. The Morgan fingerprint density at radius 3 is 0.692 bits per heavy atom. The Morgan fingerprint density at radius 2 is 0.500 bits per heavy atom. The molecule has 0 aliphatic rings. The highest BCUT2D eigenvalue weighted by molar-refractivity contribution is 5.23. The lowest BCUT2D eigenvalue weighted by molar-refractivity contribution is 1.82. The number of rotatable bonds is 12. The Balaban J connectivity index is 3.93. The van der Waals surface area contributed by atoms with Crippen molar-refractivity contribution in [2.75, 3.05) is 0 Å². The van der Waals surface area contributed by atoms with Gasteiger partial charge in [-0.2, -0.15) is 0 Å². The smallest absolute Gasteiger partial charge is 0.0623 e. The molecule has 0 fully saturated rings. The van der Waals surface area contributed by atoms with Crippen LogP contribution >= 0.6 is 0 Å². The monoisotopic (exact) mass is 339 g/mol. The summed E-state index contributed by atoms with van der Waals surface area (Å²) in [6.07, 6.45) is 46.2. The maximum absolute atomic E-state index is 5.21. The van der Waals surface area contributed by atoms with E-state index in [0.717, 1.165) is 0 Å². The van der Waals surface area contributed by atoms with E-state index in [-0.39, 0.29) is 0 Å². The van der Waals surface area contributed by atoms with Gasteiger partial charge in [0.1, 0.15) is 0 Å². The standard InChI is InChI=1S/C26H27/c1-3-5-7-9-11-13-15-17-19-21-23-25-26-24-22-20-18-16-14-12-10-8-6-4-2/h1,3-26H,2H2. The van der Waals surface area contributed by atoms with E-state index in [1.165, 1.54) is 6.08 Å². The Morgan fingerprint density at radius 1 is 0.308 bits per heavy atom. The Bertz CT molecular complexity index is 616. The zero-order chi connectivity index (χ0) is 19.0. The summed E-state index contributed by atoms with van der Waals surface area (Å²) in [7, 11) is 0. The lowest BCUT2D eigenvalue weighted by Gasteiger charge is -1.76. The number of hydrogen-bond acceptors (Lipinski definition) is 0. The van der Waals surface area contributed by atoms with Crippen LogP contribution in [0.1, 0.15) is 0 Å². The predicted molar refractivity (Wildman–Crippen MR) is 120 cm³/mol. The summed E-state index contributed by atoms with van der Waals surface area (Å²) < 4.78 is 0. The molecule has 0 aromatic heterocycles. The van der Waals surface area contributed by atoms with E-state index in [1.807, 2.05) is 128 Å². The summed E-state index contributed by atoms with van der Waals surface area (Å²) in [4.78, 5) is 0. The minimum atomic E-state index is 1.50. The van der Waals surface area contributed by atoms with Crippen molar-refractivity contribution < 1.29 is 0 Å². The molecule has 0 saturated carbocycles. The molecule has 0 amide bonds. The molecule has 0 saturated heterocycles. The Labute approximate surface area is 159 Å². The summed E-state index contributed by atoms with van der Waals surface area (Å²) >= 11 is 0. The van der Waals surface area contributed by atoms with Gasteiger partial charge in [0.25, 0.3) is 0 Å². The zero-order valence-corrected chi connectivity index (χ0v) is 15.1. The molecule has 0 aromatic rings. The van der Waals surface area contributed by atoms with Crippen molar-refractivity contribution in [2.24, 2.45) is 0 Å².